The molecule has 166 valence electrons. The van der Waals surface area contributed by atoms with Crippen LogP contribution in [0.5, 0.6) is 0 Å². The molecular weight excluding hydrogens is 420 g/mol. The highest BCUT2D eigenvalue weighted by Crippen LogP contribution is 2.40. The van der Waals surface area contributed by atoms with E-state index in [0.717, 1.165) is 34.0 Å². The van der Waals surface area contributed by atoms with Crippen molar-refractivity contribution in [1.29, 1.82) is 0 Å². The van der Waals surface area contributed by atoms with Crippen molar-refractivity contribution in [1.82, 2.24) is 24.6 Å². The monoisotopic (exact) mass is 448 g/mol. The minimum absolute atomic E-state index is 0.450. The molecule has 1 saturated heterocycles. The van der Waals surface area contributed by atoms with E-state index < -0.39 is 5.60 Å². The molecule has 0 spiro atoms. The fourth-order valence-corrected chi connectivity index (χ4v) is 5.26. The lowest BCUT2D eigenvalue weighted by Crippen LogP contribution is -2.48. The van der Waals surface area contributed by atoms with Crippen molar-refractivity contribution in [3.05, 3.63) is 59.5 Å². The number of ether oxygens (including phenoxy) is 1. The Morgan fingerprint density at radius 1 is 1.19 bits per heavy atom. The van der Waals surface area contributed by atoms with Gasteiger partial charge < -0.3 is 14.5 Å². The summed E-state index contributed by atoms with van der Waals surface area (Å²) >= 11 is 1.69. The van der Waals surface area contributed by atoms with Crippen LogP contribution in [0, 0.1) is 0 Å². The fourth-order valence-electron chi connectivity index (χ4n) is 4.30. The number of aromatic nitrogens is 4. The van der Waals surface area contributed by atoms with E-state index in [4.69, 9.17) is 14.7 Å². The topological polar surface area (TPSA) is 59.3 Å². The minimum atomic E-state index is -0.450. The Kier molecular flexibility index (Phi) is 5.44. The zero-order chi connectivity index (χ0) is 22.3. The molecule has 1 aliphatic heterocycles. The van der Waals surface area contributed by atoms with Gasteiger partial charge in [0, 0.05) is 36.3 Å². The van der Waals surface area contributed by atoms with Crippen LogP contribution in [0.1, 0.15) is 18.3 Å². The molecule has 0 N–H and O–H groups in total. The summed E-state index contributed by atoms with van der Waals surface area (Å²) in [5, 5.41) is 7.70. The van der Waals surface area contributed by atoms with Gasteiger partial charge in [0.2, 0.25) is 0 Å². The van der Waals surface area contributed by atoms with E-state index in [2.05, 4.69) is 51.5 Å². The van der Waals surface area contributed by atoms with E-state index in [1.54, 1.807) is 11.3 Å². The van der Waals surface area contributed by atoms with Crippen molar-refractivity contribution >= 4 is 27.4 Å². The maximum atomic E-state index is 6.28. The summed E-state index contributed by atoms with van der Waals surface area (Å²) in [6.45, 7) is 4.96. The lowest BCUT2D eigenvalue weighted by Gasteiger charge is -2.41. The Hall–Kier alpha value is -2.81. The summed E-state index contributed by atoms with van der Waals surface area (Å²) < 4.78 is 8.10. The predicted octanol–water partition coefficient (Wildman–Crippen LogP) is 3.91. The third-order valence-corrected chi connectivity index (χ3v) is 6.76. The van der Waals surface area contributed by atoms with E-state index in [9.17, 15) is 0 Å². The van der Waals surface area contributed by atoms with Crippen LogP contribution in [0.4, 0.5) is 5.82 Å². The maximum Gasteiger partial charge on any atom is 0.146 e. The molecule has 7 nitrogen and oxygen atoms in total. The van der Waals surface area contributed by atoms with Gasteiger partial charge in [-0.2, -0.15) is 5.10 Å². The predicted molar refractivity (Wildman–Crippen MR) is 129 cm³/mol. The summed E-state index contributed by atoms with van der Waals surface area (Å²) in [4.78, 5) is 15.5. The fraction of sp³-hybridized carbons (Fsp3) is 0.375. The number of thiophene rings is 1. The second-order valence-electron chi connectivity index (χ2n) is 8.80. The van der Waals surface area contributed by atoms with Crippen LogP contribution in [0.15, 0.2) is 48.1 Å². The average Bonchev–Trinajstić information content (AvgIpc) is 3.40. The van der Waals surface area contributed by atoms with Crippen molar-refractivity contribution in [2.24, 2.45) is 7.05 Å². The van der Waals surface area contributed by atoms with Crippen molar-refractivity contribution in [2.75, 3.05) is 38.7 Å². The lowest BCUT2D eigenvalue weighted by atomic mass is 9.96. The molecule has 5 rings (SSSR count). The molecular formula is C24H28N6OS. The number of hydrogen-bond donors (Lipinski definition) is 0. The normalized spacial score (nSPS) is 19.2. The quantitative estimate of drug-likeness (QED) is 0.461. The van der Waals surface area contributed by atoms with Gasteiger partial charge in [-0.15, -0.1) is 11.3 Å². The molecule has 1 fully saturated rings. The van der Waals surface area contributed by atoms with Gasteiger partial charge >= 0.3 is 0 Å². The van der Waals surface area contributed by atoms with E-state index in [1.807, 2.05) is 44.3 Å². The first kappa shape index (κ1) is 21.1. The molecule has 0 saturated carbocycles. The van der Waals surface area contributed by atoms with Gasteiger partial charge in [0.25, 0.3) is 0 Å². The highest BCUT2D eigenvalue weighted by atomic mass is 32.1. The first-order valence-corrected chi connectivity index (χ1v) is 11.7. The molecule has 8 heteroatoms. The number of benzene rings is 1. The molecule has 1 aromatic carbocycles. The van der Waals surface area contributed by atoms with Gasteiger partial charge in [0.05, 0.1) is 31.3 Å². The Morgan fingerprint density at radius 3 is 2.72 bits per heavy atom. The van der Waals surface area contributed by atoms with Gasteiger partial charge in [-0.05, 0) is 26.6 Å². The molecule has 1 unspecified atom stereocenters. The lowest BCUT2D eigenvalue weighted by molar-refractivity contribution is -0.0467. The van der Waals surface area contributed by atoms with Crippen molar-refractivity contribution < 1.29 is 4.74 Å². The molecule has 0 aliphatic carbocycles. The van der Waals surface area contributed by atoms with E-state index >= 15 is 0 Å². The van der Waals surface area contributed by atoms with Crippen LogP contribution in [0.3, 0.4) is 0 Å². The third-order valence-electron chi connectivity index (χ3n) is 5.89. The number of fused-ring (bicyclic) bond motifs is 1. The molecule has 4 aromatic rings. The molecule has 0 amide bonds. The first-order valence-electron chi connectivity index (χ1n) is 10.8. The van der Waals surface area contributed by atoms with E-state index in [0.29, 0.717) is 19.7 Å². The summed E-state index contributed by atoms with van der Waals surface area (Å²) in [6, 6.07) is 10.5. The van der Waals surface area contributed by atoms with E-state index in [-0.39, 0.29) is 0 Å². The van der Waals surface area contributed by atoms with Crippen LogP contribution in [-0.2, 0) is 23.9 Å². The number of hydrogen-bond acceptors (Lipinski definition) is 7. The number of aryl methyl sites for hydroxylation is 1. The zero-order valence-electron chi connectivity index (χ0n) is 18.9. The molecule has 4 heterocycles. The summed E-state index contributed by atoms with van der Waals surface area (Å²) in [5.41, 5.74) is 3.00. The minimum Gasteiger partial charge on any atom is -0.367 e. The second kappa shape index (κ2) is 8.27. The van der Waals surface area contributed by atoms with Crippen LogP contribution in [0.2, 0.25) is 0 Å². The highest BCUT2D eigenvalue weighted by Gasteiger charge is 2.36. The number of morpholine rings is 1. The smallest absolute Gasteiger partial charge is 0.146 e. The van der Waals surface area contributed by atoms with Crippen LogP contribution in [-0.4, -0.2) is 58.4 Å². The highest BCUT2D eigenvalue weighted by molar-refractivity contribution is 7.17. The van der Waals surface area contributed by atoms with Gasteiger partial charge in [0.15, 0.2) is 0 Å². The van der Waals surface area contributed by atoms with Crippen LogP contribution >= 0.6 is 11.3 Å². The largest absolute Gasteiger partial charge is 0.367 e. The van der Waals surface area contributed by atoms with Gasteiger partial charge in [0.1, 0.15) is 22.1 Å². The molecule has 0 radical (unpaired) electrons. The first-order chi connectivity index (χ1) is 15.4. The molecule has 3 aromatic heterocycles. The van der Waals surface area contributed by atoms with Gasteiger partial charge in [-0.25, -0.2) is 9.97 Å². The molecule has 0 bridgehead atoms. The summed E-state index contributed by atoms with van der Waals surface area (Å²) in [5.74, 6) is 1.83. The Balaban J connectivity index is 1.63. The number of anilines is 1. The van der Waals surface area contributed by atoms with Crippen molar-refractivity contribution in [2.45, 2.75) is 19.1 Å². The third kappa shape index (κ3) is 3.90. The molecule has 32 heavy (non-hydrogen) atoms. The Morgan fingerprint density at radius 2 is 2.00 bits per heavy atom. The van der Waals surface area contributed by atoms with Crippen LogP contribution < -0.4 is 4.90 Å². The SMILES string of the molecule is CN(C)Cc1nc(N2CCOC(C)(c3cnn(C)c3)C2)c2c(-c3ccccc3)csc2n1. The molecule has 1 atom stereocenters. The second-order valence-corrected chi connectivity index (χ2v) is 9.66. The van der Waals surface area contributed by atoms with Crippen molar-refractivity contribution in [3.8, 4) is 11.1 Å². The standard InChI is InChI=1S/C24H28N6OS/c1-24(18-12-25-29(4)13-18)16-30(10-11-31-24)22-21-19(17-8-6-5-7-9-17)15-32-23(21)27-20(26-22)14-28(2)3/h5-9,12-13,15H,10-11,14,16H2,1-4H3. The van der Waals surface area contributed by atoms with Gasteiger partial charge in [-0.3, -0.25) is 4.68 Å². The number of nitrogens with zero attached hydrogens (tertiary/aromatic N) is 6. The van der Waals surface area contributed by atoms with Gasteiger partial charge in [-0.1, -0.05) is 30.3 Å². The van der Waals surface area contributed by atoms with E-state index in [1.165, 1.54) is 11.1 Å². The zero-order valence-corrected chi connectivity index (χ0v) is 19.8. The summed E-state index contributed by atoms with van der Waals surface area (Å²) in [6.07, 6.45) is 3.94. The van der Waals surface area contributed by atoms with Crippen LogP contribution in [0.25, 0.3) is 21.3 Å². The Bertz CT molecular complexity index is 1230. The van der Waals surface area contributed by atoms with Crippen molar-refractivity contribution in [3.63, 3.8) is 0 Å². The molecule has 1 aliphatic rings. The number of rotatable bonds is 5. The summed E-state index contributed by atoms with van der Waals surface area (Å²) in [7, 11) is 6.03. The maximum absolute atomic E-state index is 6.28. The Labute approximate surface area is 192 Å². The average molecular weight is 449 g/mol.